The van der Waals surface area contributed by atoms with Crippen LogP contribution in [0.25, 0.3) is 0 Å². The number of hydrogen-bond acceptors (Lipinski definition) is 2. The van der Waals surface area contributed by atoms with E-state index in [-0.39, 0.29) is 6.10 Å². The van der Waals surface area contributed by atoms with Crippen LogP contribution in [0.2, 0.25) is 0 Å². The first-order valence-corrected chi connectivity index (χ1v) is 3.76. The maximum atomic E-state index is 9.63. The van der Waals surface area contributed by atoms with Gasteiger partial charge in [-0.1, -0.05) is 0 Å². The molecule has 2 N–H and O–H groups in total. The third kappa shape index (κ3) is 4.38. The number of carbonyl (C=O) groups is 1. The lowest BCUT2D eigenvalue weighted by Gasteiger charge is -1.90. The van der Waals surface area contributed by atoms with E-state index in [4.69, 9.17) is 5.11 Å². The molecule has 1 fully saturated rings. The molecule has 12 heavy (non-hydrogen) atoms. The van der Waals surface area contributed by atoms with Crippen molar-refractivity contribution in [2.24, 2.45) is 0 Å². The maximum absolute atomic E-state index is 9.63. The fourth-order valence-electron chi connectivity index (χ4n) is 0.606. The van der Waals surface area contributed by atoms with E-state index in [1.807, 2.05) is 24.5 Å². The molecule has 1 aliphatic rings. The van der Waals surface area contributed by atoms with Gasteiger partial charge in [-0.25, -0.2) is 4.79 Å². The number of carboxylic acid groups (broad SMARTS) is 1. The largest absolute Gasteiger partial charge is 0.506 e. The molecule has 0 saturated heterocycles. The summed E-state index contributed by atoms with van der Waals surface area (Å²) in [5, 5.41) is 7.90. The lowest BCUT2D eigenvalue weighted by atomic mass is 10.7. The predicted molar refractivity (Wildman–Crippen MR) is 42.9 cm³/mol. The molecule has 1 heterocycles. The monoisotopic (exact) mass is 169 g/mol. The third-order valence-corrected chi connectivity index (χ3v) is 1.29. The van der Waals surface area contributed by atoms with Gasteiger partial charge in [0.25, 0.3) is 0 Å². The predicted octanol–water partition coefficient (Wildman–Crippen LogP) is 1.86. The molecule has 1 aromatic heterocycles. The summed E-state index contributed by atoms with van der Waals surface area (Å²) < 4.78 is 4.28. The Bertz CT molecular complexity index is 199. The van der Waals surface area contributed by atoms with E-state index in [0.29, 0.717) is 0 Å². The Morgan fingerprint density at radius 1 is 1.42 bits per heavy atom. The van der Waals surface area contributed by atoms with Crippen molar-refractivity contribution in [3.05, 3.63) is 24.5 Å². The van der Waals surface area contributed by atoms with Gasteiger partial charge in [0.05, 0.1) is 0 Å². The van der Waals surface area contributed by atoms with Crippen molar-refractivity contribution < 1.29 is 14.6 Å². The summed E-state index contributed by atoms with van der Waals surface area (Å²) in [4.78, 5) is 12.5. The molecule has 0 radical (unpaired) electrons. The summed E-state index contributed by atoms with van der Waals surface area (Å²) in [6.07, 6.45) is 4.44. The number of rotatable bonds is 1. The fourth-order valence-corrected chi connectivity index (χ4v) is 0.606. The molecular formula is C8H11NO3. The van der Waals surface area contributed by atoms with Gasteiger partial charge < -0.3 is 14.8 Å². The number of hydrogen-bond donors (Lipinski definition) is 2. The molecule has 0 amide bonds. The van der Waals surface area contributed by atoms with Crippen LogP contribution in [0, 0.1) is 0 Å². The van der Waals surface area contributed by atoms with Gasteiger partial charge in [0.15, 0.2) is 0 Å². The minimum absolute atomic E-state index is 0.0255. The standard InChI is InChI=1S/C4H5N.C4H6O3/c1-2-4-5-3-1;5-4(6)7-3-1-2-3/h1-5H;3H,1-2H2,(H,5,6). The number of aromatic amines is 1. The van der Waals surface area contributed by atoms with Gasteiger partial charge in [-0.2, -0.15) is 0 Å². The summed E-state index contributed by atoms with van der Waals surface area (Å²) in [6.45, 7) is 0. The van der Waals surface area contributed by atoms with Gasteiger partial charge in [0.1, 0.15) is 6.10 Å². The highest BCUT2D eigenvalue weighted by molar-refractivity contribution is 5.57. The average Bonchev–Trinajstić information content (AvgIpc) is 2.67. The molecule has 0 aromatic carbocycles. The zero-order chi connectivity index (χ0) is 8.81. The summed E-state index contributed by atoms with van der Waals surface area (Å²) in [5.74, 6) is 0. The van der Waals surface area contributed by atoms with E-state index in [2.05, 4.69) is 9.72 Å². The molecule has 4 heteroatoms. The van der Waals surface area contributed by atoms with Crippen molar-refractivity contribution in [1.82, 2.24) is 4.98 Å². The molecule has 1 aromatic rings. The van der Waals surface area contributed by atoms with E-state index in [1.54, 1.807) is 0 Å². The van der Waals surface area contributed by atoms with Crippen molar-refractivity contribution >= 4 is 6.16 Å². The minimum atomic E-state index is -1.15. The SMILES string of the molecule is O=C(O)OC1CC1.c1cc[nH]c1. The lowest BCUT2D eigenvalue weighted by Crippen LogP contribution is -2.00. The highest BCUT2D eigenvalue weighted by atomic mass is 16.7. The Morgan fingerprint density at radius 3 is 2.17 bits per heavy atom. The number of H-pyrrole nitrogens is 1. The average molecular weight is 169 g/mol. The smallest absolute Gasteiger partial charge is 0.450 e. The molecule has 1 saturated carbocycles. The zero-order valence-corrected chi connectivity index (χ0v) is 6.56. The Kier molecular flexibility index (Phi) is 3.19. The van der Waals surface area contributed by atoms with Gasteiger partial charge in [-0.05, 0) is 25.0 Å². The molecule has 0 atom stereocenters. The van der Waals surface area contributed by atoms with E-state index in [1.165, 1.54) is 0 Å². The summed E-state index contributed by atoms with van der Waals surface area (Å²) in [5.41, 5.74) is 0. The molecule has 0 bridgehead atoms. The zero-order valence-electron chi connectivity index (χ0n) is 6.56. The quantitative estimate of drug-likeness (QED) is 0.630. The van der Waals surface area contributed by atoms with E-state index in [0.717, 1.165) is 12.8 Å². The first-order valence-electron chi connectivity index (χ1n) is 3.76. The van der Waals surface area contributed by atoms with Crippen LogP contribution in [0.1, 0.15) is 12.8 Å². The highest BCUT2D eigenvalue weighted by Gasteiger charge is 2.25. The van der Waals surface area contributed by atoms with Gasteiger partial charge in [-0.3, -0.25) is 0 Å². The van der Waals surface area contributed by atoms with Crippen LogP contribution in [-0.2, 0) is 4.74 Å². The lowest BCUT2D eigenvalue weighted by molar-refractivity contribution is 0.0851. The number of nitrogens with one attached hydrogen (secondary N) is 1. The van der Waals surface area contributed by atoms with E-state index in [9.17, 15) is 4.79 Å². The summed E-state index contributed by atoms with van der Waals surface area (Å²) in [6, 6.07) is 3.89. The van der Waals surface area contributed by atoms with E-state index < -0.39 is 6.16 Å². The first kappa shape index (κ1) is 8.64. The van der Waals surface area contributed by atoms with Crippen LogP contribution >= 0.6 is 0 Å². The van der Waals surface area contributed by atoms with Crippen molar-refractivity contribution in [3.63, 3.8) is 0 Å². The van der Waals surface area contributed by atoms with Crippen molar-refractivity contribution in [2.75, 3.05) is 0 Å². The molecule has 0 spiro atoms. The van der Waals surface area contributed by atoms with Crippen LogP contribution in [-0.4, -0.2) is 22.3 Å². The van der Waals surface area contributed by atoms with Crippen LogP contribution in [0.3, 0.4) is 0 Å². The summed E-state index contributed by atoms with van der Waals surface area (Å²) >= 11 is 0. The Labute approximate surface area is 70.2 Å². The third-order valence-electron chi connectivity index (χ3n) is 1.29. The van der Waals surface area contributed by atoms with Crippen LogP contribution < -0.4 is 0 Å². The molecule has 0 aliphatic heterocycles. The van der Waals surface area contributed by atoms with Gasteiger partial charge in [0.2, 0.25) is 0 Å². The fraction of sp³-hybridized carbons (Fsp3) is 0.375. The normalized spacial score (nSPS) is 14.3. The Morgan fingerprint density at radius 2 is 2.00 bits per heavy atom. The van der Waals surface area contributed by atoms with Gasteiger partial charge in [-0.15, -0.1) is 0 Å². The molecular weight excluding hydrogens is 158 g/mol. The second kappa shape index (κ2) is 4.43. The second-order valence-corrected chi connectivity index (χ2v) is 2.47. The van der Waals surface area contributed by atoms with Gasteiger partial charge in [0, 0.05) is 12.4 Å². The van der Waals surface area contributed by atoms with Crippen LogP contribution in [0.4, 0.5) is 4.79 Å². The second-order valence-electron chi connectivity index (χ2n) is 2.47. The number of aromatic nitrogens is 1. The minimum Gasteiger partial charge on any atom is -0.450 e. The van der Waals surface area contributed by atoms with Gasteiger partial charge >= 0.3 is 6.16 Å². The van der Waals surface area contributed by atoms with Crippen LogP contribution in [0.5, 0.6) is 0 Å². The molecule has 66 valence electrons. The summed E-state index contributed by atoms with van der Waals surface area (Å²) in [7, 11) is 0. The first-order chi connectivity index (χ1) is 5.79. The Balaban J connectivity index is 0.000000127. The van der Waals surface area contributed by atoms with Crippen molar-refractivity contribution in [1.29, 1.82) is 0 Å². The Hall–Kier alpha value is -1.45. The number of ether oxygens (including phenoxy) is 1. The molecule has 1 aliphatic carbocycles. The van der Waals surface area contributed by atoms with Crippen LogP contribution in [0.15, 0.2) is 24.5 Å². The highest BCUT2D eigenvalue weighted by Crippen LogP contribution is 2.22. The maximum Gasteiger partial charge on any atom is 0.506 e. The van der Waals surface area contributed by atoms with Crippen molar-refractivity contribution in [2.45, 2.75) is 18.9 Å². The topological polar surface area (TPSA) is 62.3 Å². The molecule has 2 rings (SSSR count). The molecule has 4 nitrogen and oxygen atoms in total. The molecule has 0 unspecified atom stereocenters. The van der Waals surface area contributed by atoms with Crippen molar-refractivity contribution in [3.8, 4) is 0 Å². The van der Waals surface area contributed by atoms with E-state index >= 15 is 0 Å².